The Hall–Kier alpha value is -1.39. The molecule has 0 bridgehead atoms. The molecule has 18 heavy (non-hydrogen) atoms. The van der Waals surface area contributed by atoms with Gasteiger partial charge in [-0.1, -0.05) is 31.2 Å². The number of benzene rings is 1. The lowest BCUT2D eigenvalue weighted by Crippen LogP contribution is -2.14. The van der Waals surface area contributed by atoms with E-state index in [9.17, 15) is 4.79 Å². The van der Waals surface area contributed by atoms with E-state index in [2.05, 4.69) is 0 Å². The van der Waals surface area contributed by atoms with Crippen molar-refractivity contribution in [2.45, 2.75) is 26.3 Å². The summed E-state index contributed by atoms with van der Waals surface area (Å²) in [7, 11) is 0. The third kappa shape index (κ3) is 5.29. The van der Waals surface area contributed by atoms with E-state index in [4.69, 9.17) is 15.2 Å². The van der Waals surface area contributed by atoms with Gasteiger partial charge in [0.15, 0.2) is 0 Å². The van der Waals surface area contributed by atoms with Gasteiger partial charge in [-0.05, 0) is 17.5 Å². The maximum absolute atomic E-state index is 11.6. The van der Waals surface area contributed by atoms with E-state index in [1.165, 1.54) is 0 Å². The summed E-state index contributed by atoms with van der Waals surface area (Å²) in [4.78, 5) is 11.6. The number of ether oxygens (including phenoxy) is 2. The monoisotopic (exact) mass is 251 g/mol. The van der Waals surface area contributed by atoms with E-state index in [0.717, 1.165) is 17.5 Å². The second-order valence-electron chi connectivity index (χ2n) is 3.98. The van der Waals surface area contributed by atoms with Crippen LogP contribution in [0.1, 0.15) is 24.5 Å². The Labute approximate surface area is 108 Å². The molecule has 1 aromatic rings. The summed E-state index contributed by atoms with van der Waals surface area (Å²) in [6.07, 6.45) is 1.24. The Balaban J connectivity index is 2.31. The highest BCUT2D eigenvalue weighted by Crippen LogP contribution is 2.09. The van der Waals surface area contributed by atoms with Crippen molar-refractivity contribution in [2.75, 3.05) is 19.8 Å². The van der Waals surface area contributed by atoms with E-state index in [1.807, 2.05) is 31.2 Å². The summed E-state index contributed by atoms with van der Waals surface area (Å²) in [5, 5.41) is 0. The summed E-state index contributed by atoms with van der Waals surface area (Å²) in [6, 6.07) is 7.63. The Morgan fingerprint density at radius 1 is 1.17 bits per heavy atom. The van der Waals surface area contributed by atoms with E-state index in [1.54, 1.807) is 0 Å². The van der Waals surface area contributed by atoms with Gasteiger partial charge < -0.3 is 15.2 Å². The third-order valence-corrected chi connectivity index (χ3v) is 2.51. The minimum Gasteiger partial charge on any atom is -0.463 e. The SMILES string of the molecule is CCCOCCOC(=O)Cc1ccccc1CN. The van der Waals surface area contributed by atoms with Gasteiger partial charge in [0.05, 0.1) is 13.0 Å². The fraction of sp³-hybridized carbons (Fsp3) is 0.500. The average Bonchev–Trinajstić information content (AvgIpc) is 2.39. The summed E-state index contributed by atoms with van der Waals surface area (Å²) >= 11 is 0. The lowest BCUT2D eigenvalue weighted by Gasteiger charge is -2.08. The van der Waals surface area contributed by atoms with Gasteiger partial charge in [-0.3, -0.25) is 4.79 Å². The molecule has 0 saturated heterocycles. The van der Waals surface area contributed by atoms with Crippen molar-refractivity contribution >= 4 is 5.97 Å². The zero-order valence-corrected chi connectivity index (χ0v) is 10.9. The summed E-state index contributed by atoms with van der Waals surface area (Å²) in [6.45, 7) is 3.94. The van der Waals surface area contributed by atoms with Crippen LogP contribution in [0.2, 0.25) is 0 Å². The van der Waals surface area contributed by atoms with Gasteiger partial charge in [0.25, 0.3) is 0 Å². The molecule has 0 amide bonds. The molecule has 0 radical (unpaired) electrons. The van der Waals surface area contributed by atoms with Gasteiger partial charge in [0.1, 0.15) is 6.61 Å². The van der Waals surface area contributed by atoms with Crippen molar-refractivity contribution in [1.29, 1.82) is 0 Å². The topological polar surface area (TPSA) is 61.5 Å². The minimum atomic E-state index is -0.240. The number of esters is 1. The largest absolute Gasteiger partial charge is 0.463 e. The average molecular weight is 251 g/mol. The zero-order valence-electron chi connectivity index (χ0n) is 10.9. The number of rotatable bonds is 8. The quantitative estimate of drug-likeness (QED) is 0.564. The van der Waals surface area contributed by atoms with Gasteiger partial charge in [-0.25, -0.2) is 0 Å². The lowest BCUT2D eigenvalue weighted by molar-refractivity contribution is -0.144. The van der Waals surface area contributed by atoms with Crippen molar-refractivity contribution < 1.29 is 14.3 Å². The van der Waals surface area contributed by atoms with E-state index < -0.39 is 0 Å². The van der Waals surface area contributed by atoms with Crippen LogP contribution in [0, 0.1) is 0 Å². The smallest absolute Gasteiger partial charge is 0.310 e. The first-order valence-corrected chi connectivity index (χ1v) is 6.28. The molecule has 4 heteroatoms. The number of hydrogen-bond donors (Lipinski definition) is 1. The zero-order chi connectivity index (χ0) is 13.2. The summed E-state index contributed by atoms with van der Waals surface area (Å²) < 4.78 is 10.3. The van der Waals surface area contributed by atoms with Crippen LogP contribution in [-0.4, -0.2) is 25.8 Å². The molecule has 1 rings (SSSR count). The van der Waals surface area contributed by atoms with Crippen LogP contribution in [0.25, 0.3) is 0 Å². The molecule has 0 spiro atoms. The molecule has 0 fully saturated rings. The number of nitrogens with two attached hydrogens (primary N) is 1. The maximum Gasteiger partial charge on any atom is 0.310 e. The van der Waals surface area contributed by atoms with Crippen molar-refractivity contribution in [3.8, 4) is 0 Å². The highest BCUT2D eigenvalue weighted by molar-refractivity contribution is 5.73. The Morgan fingerprint density at radius 3 is 2.56 bits per heavy atom. The first-order valence-electron chi connectivity index (χ1n) is 6.28. The van der Waals surface area contributed by atoms with Crippen LogP contribution in [0.4, 0.5) is 0 Å². The van der Waals surface area contributed by atoms with Crippen molar-refractivity contribution in [3.05, 3.63) is 35.4 Å². The van der Waals surface area contributed by atoms with Gasteiger partial charge in [0, 0.05) is 13.2 Å². The van der Waals surface area contributed by atoms with Gasteiger partial charge in [0.2, 0.25) is 0 Å². The highest BCUT2D eigenvalue weighted by Gasteiger charge is 2.07. The van der Waals surface area contributed by atoms with E-state index >= 15 is 0 Å². The molecule has 0 aromatic heterocycles. The van der Waals surface area contributed by atoms with Gasteiger partial charge in [-0.15, -0.1) is 0 Å². The molecule has 0 saturated carbocycles. The first-order chi connectivity index (χ1) is 8.77. The standard InChI is InChI=1S/C14H21NO3/c1-2-7-17-8-9-18-14(16)10-12-5-3-4-6-13(12)11-15/h3-6H,2,7-11,15H2,1H3. The molecule has 2 N–H and O–H groups in total. The Kier molecular flexibility index (Phi) is 7.06. The van der Waals surface area contributed by atoms with Gasteiger partial charge in [-0.2, -0.15) is 0 Å². The van der Waals surface area contributed by atoms with Crippen molar-refractivity contribution in [2.24, 2.45) is 5.73 Å². The summed E-state index contributed by atoms with van der Waals surface area (Å²) in [5.41, 5.74) is 7.52. The lowest BCUT2D eigenvalue weighted by atomic mass is 10.1. The second-order valence-corrected chi connectivity index (χ2v) is 3.98. The van der Waals surface area contributed by atoms with Crippen LogP contribution in [0.5, 0.6) is 0 Å². The number of hydrogen-bond acceptors (Lipinski definition) is 4. The van der Waals surface area contributed by atoms with Crippen LogP contribution in [0.3, 0.4) is 0 Å². The molecule has 4 nitrogen and oxygen atoms in total. The molecular weight excluding hydrogens is 230 g/mol. The predicted octanol–water partition coefficient (Wildman–Crippen LogP) is 1.66. The van der Waals surface area contributed by atoms with Crippen molar-refractivity contribution in [3.63, 3.8) is 0 Å². The fourth-order valence-corrected chi connectivity index (χ4v) is 1.60. The molecule has 0 aliphatic heterocycles. The number of carbonyl (C=O) groups excluding carboxylic acids is 1. The molecule has 0 atom stereocenters. The van der Waals surface area contributed by atoms with E-state index in [0.29, 0.717) is 26.4 Å². The molecule has 100 valence electrons. The summed E-state index contributed by atoms with van der Waals surface area (Å²) in [5.74, 6) is -0.240. The Morgan fingerprint density at radius 2 is 1.89 bits per heavy atom. The first kappa shape index (κ1) is 14.7. The fourth-order valence-electron chi connectivity index (χ4n) is 1.60. The number of carbonyl (C=O) groups is 1. The molecule has 0 aliphatic carbocycles. The van der Waals surface area contributed by atoms with Crippen molar-refractivity contribution in [1.82, 2.24) is 0 Å². The Bertz CT molecular complexity index is 366. The normalized spacial score (nSPS) is 10.3. The third-order valence-electron chi connectivity index (χ3n) is 2.51. The molecule has 0 unspecified atom stereocenters. The molecule has 0 aliphatic rings. The van der Waals surface area contributed by atoms with Crippen LogP contribution in [0.15, 0.2) is 24.3 Å². The highest BCUT2D eigenvalue weighted by atomic mass is 16.6. The predicted molar refractivity (Wildman–Crippen MR) is 70.1 cm³/mol. The molecule has 0 heterocycles. The molecular formula is C14H21NO3. The van der Waals surface area contributed by atoms with Crippen LogP contribution in [-0.2, 0) is 27.2 Å². The van der Waals surface area contributed by atoms with Crippen LogP contribution < -0.4 is 5.73 Å². The minimum absolute atomic E-state index is 0.240. The van der Waals surface area contributed by atoms with E-state index in [-0.39, 0.29) is 12.4 Å². The van der Waals surface area contributed by atoms with Gasteiger partial charge >= 0.3 is 5.97 Å². The maximum atomic E-state index is 11.6. The molecule has 1 aromatic carbocycles. The second kappa shape index (κ2) is 8.66. The van der Waals surface area contributed by atoms with Crippen LogP contribution >= 0.6 is 0 Å².